The molecule has 0 aliphatic heterocycles. The highest BCUT2D eigenvalue weighted by Crippen LogP contribution is 2.23. The highest BCUT2D eigenvalue weighted by molar-refractivity contribution is 7.89. The zero-order valence-electron chi connectivity index (χ0n) is 13.9. The smallest absolute Gasteiger partial charge is 0.347 e. The Balaban J connectivity index is 2.08. The van der Waals surface area contributed by atoms with Crippen LogP contribution in [0, 0.1) is 6.92 Å². The molecule has 0 saturated heterocycles. The molecule has 2 rings (SSSR count). The summed E-state index contributed by atoms with van der Waals surface area (Å²) < 4.78 is 22.5. The Kier molecular flexibility index (Phi) is 5.58. The SMILES string of the molecule is Cc1nc(C(C)NC(=O)c2ccc(CS(C)(=O)=O)cc2)sc1C(=O)O. The van der Waals surface area contributed by atoms with E-state index in [0.717, 1.165) is 17.6 Å². The van der Waals surface area contributed by atoms with Gasteiger partial charge in [-0.25, -0.2) is 18.2 Å². The fourth-order valence-electron chi connectivity index (χ4n) is 2.20. The van der Waals surface area contributed by atoms with Gasteiger partial charge in [0.15, 0.2) is 9.84 Å². The van der Waals surface area contributed by atoms with Crippen LogP contribution in [0.5, 0.6) is 0 Å². The van der Waals surface area contributed by atoms with Crippen molar-refractivity contribution in [2.24, 2.45) is 0 Å². The molecule has 2 aromatic rings. The van der Waals surface area contributed by atoms with Crippen molar-refractivity contribution in [2.75, 3.05) is 6.26 Å². The monoisotopic (exact) mass is 382 g/mol. The summed E-state index contributed by atoms with van der Waals surface area (Å²) in [6, 6.07) is 5.85. The van der Waals surface area contributed by atoms with E-state index in [1.807, 2.05) is 0 Å². The maximum Gasteiger partial charge on any atom is 0.347 e. The molecule has 25 heavy (non-hydrogen) atoms. The van der Waals surface area contributed by atoms with Crippen LogP contribution < -0.4 is 5.32 Å². The van der Waals surface area contributed by atoms with Crippen LogP contribution in [0.3, 0.4) is 0 Å². The minimum atomic E-state index is -3.13. The van der Waals surface area contributed by atoms with Crippen LogP contribution in [0.1, 0.15) is 49.3 Å². The molecule has 0 saturated carbocycles. The van der Waals surface area contributed by atoms with Gasteiger partial charge in [0.2, 0.25) is 0 Å². The number of aromatic nitrogens is 1. The van der Waals surface area contributed by atoms with E-state index in [4.69, 9.17) is 5.11 Å². The first-order valence-corrected chi connectivity index (χ1v) is 10.2. The number of benzene rings is 1. The van der Waals surface area contributed by atoms with Crippen molar-refractivity contribution in [2.45, 2.75) is 25.6 Å². The molecule has 1 aromatic heterocycles. The molecule has 0 fully saturated rings. The topological polar surface area (TPSA) is 113 Å². The molecule has 1 heterocycles. The van der Waals surface area contributed by atoms with E-state index in [9.17, 15) is 18.0 Å². The summed E-state index contributed by atoms with van der Waals surface area (Å²) in [6.07, 6.45) is 1.15. The molecule has 0 radical (unpaired) electrons. The number of carbonyl (C=O) groups excluding carboxylic acids is 1. The van der Waals surface area contributed by atoms with Gasteiger partial charge in [0, 0.05) is 11.8 Å². The van der Waals surface area contributed by atoms with Gasteiger partial charge in [-0.2, -0.15) is 0 Å². The largest absolute Gasteiger partial charge is 0.477 e. The van der Waals surface area contributed by atoms with Gasteiger partial charge in [-0.15, -0.1) is 11.3 Å². The van der Waals surface area contributed by atoms with Gasteiger partial charge in [0.25, 0.3) is 5.91 Å². The molecule has 2 N–H and O–H groups in total. The first kappa shape index (κ1) is 19.1. The summed E-state index contributed by atoms with van der Waals surface area (Å²) in [5.74, 6) is -1.47. The lowest BCUT2D eigenvalue weighted by Gasteiger charge is -2.11. The number of thiazole rings is 1. The number of nitrogens with one attached hydrogen (secondary N) is 1. The molecule has 134 valence electrons. The van der Waals surface area contributed by atoms with E-state index in [-0.39, 0.29) is 16.5 Å². The number of carboxylic acids is 1. The van der Waals surface area contributed by atoms with E-state index < -0.39 is 21.8 Å². The van der Waals surface area contributed by atoms with Gasteiger partial charge in [0.05, 0.1) is 17.5 Å². The third kappa shape index (κ3) is 5.10. The van der Waals surface area contributed by atoms with E-state index in [2.05, 4.69) is 10.3 Å². The van der Waals surface area contributed by atoms with E-state index in [0.29, 0.717) is 21.8 Å². The number of aromatic carboxylic acids is 1. The van der Waals surface area contributed by atoms with Crippen LogP contribution in [-0.2, 0) is 15.6 Å². The average Bonchev–Trinajstić information content (AvgIpc) is 2.88. The van der Waals surface area contributed by atoms with Gasteiger partial charge >= 0.3 is 5.97 Å². The molecule has 0 aliphatic carbocycles. The summed E-state index contributed by atoms with van der Waals surface area (Å²) in [7, 11) is -3.13. The number of hydrogen-bond acceptors (Lipinski definition) is 6. The summed E-state index contributed by atoms with van der Waals surface area (Å²) in [6.45, 7) is 3.33. The Bertz CT molecular complexity index is 901. The van der Waals surface area contributed by atoms with Crippen LogP contribution >= 0.6 is 11.3 Å². The Hall–Kier alpha value is -2.26. The zero-order valence-corrected chi connectivity index (χ0v) is 15.6. The number of hydrogen-bond donors (Lipinski definition) is 2. The number of aryl methyl sites for hydroxylation is 1. The van der Waals surface area contributed by atoms with Crippen molar-refractivity contribution < 1.29 is 23.1 Å². The fraction of sp³-hybridized carbons (Fsp3) is 0.312. The van der Waals surface area contributed by atoms with Crippen LogP contribution in [-0.4, -0.2) is 36.6 Å². The first-order valence-electron chi connectivity index (χ1n) is 7.35. The molecular weight excluding hydrogens is 364 g/mol. The molecule has 1 amide bonds. The maximum atomic E-state index is 12.3. The minimum Gasteiger partial charge on any atom is -0.477 e. The second kappa shape index (κ2) is 7.32. The Labute approximate surface area is 149 Å². The Morgan fingerprint density at radius 2 is 1.88 bits per heavy atom. The second-order valence-corrected chi connectivity index (χ2v) is 8.90. The van der Waals surface area contributed by atoms with Crippen LogP contribution in [0.4, 0.5) is 0 Å². The van der Waals surface area contributed by atoms with Crippen LogP contribution in [0.25, 0.3) is 0 Å². The van der Waals surface area contributed by atoms with E-state index >= 15 is 0 Å². The summed E-state index contributed by atoms with van der Waals surface area (Å²) in [5.41, 5.74) is 1.41. The lowest BCUT2D eigenvalue weighted by Crippen LogP contribution is -2.26. The van der Waals surface area contributed by atoms with Crippen molar-refractivity contribution in [1.82, 2.24) is 10.3 Å². The van der Waals surface area contributed by atoms with Gasteiger partial charge in [0.1, 0.15) is 9.88 Å². The molecule has 7 nitrogen and oxygen atoms in total. The summed E-state index contributed by atoms with van der Waals surface area (Å²) >= 11 is 1.03. The first-order chi connectivity index (χ1) is 11.6. The Morgan fingerprint density at radius 3 is 2.36 bits per heavy atom. The van der Waals surface area contributed by atoms with Gasteiger partial charge in [-0.05, 0) is 31.5 Å². The molecule has 1 atom stereocenters. The fourth-order valence-corrected chi connectivity index (χ4v) is 3.90. The highest BCUT2D eigenvalue weighted by Gasteiger charge is 2.19. The Morgan fingerprint density at radius 1 is 1.28 bits per heavy atom. The third-order valence-electron chi connectivity index (χ3n) is 3.37. The number of rotatable bonds is 6. The highest BCUT2D eigenvalue weighted by atomic mass is 32.2. The van der Waals surface area contributed by atoms with Crippen molar-refractivity contribution in [3.63, 3.8) is 0 Å². The van der Waals surface area contributed by atoms with Crippen molar-refractivity contribution in [3.05, 3.63) is 51.0 Å². The molecule has 9 heteroatoms. The lowest BCUT2D eigenvalue weighted by atomic mass is 10.1. The van der Waals surface area contributed by atoms with E-state index in [1.165, 1.54) is 0 Å². The van der Waals surface area contributed by atoms with Crippen molar-refractivity contribution in [3.8, 4) is 0 Å². The average molecular weight is 382 g/mol. The van der Waals surface area contributed by atoms with Crippen molar-refractivity contribution in [1.29, 1.82) is 0 Å². The number of amides is 1. The zero-order chi connectivity index (χ0) is 18.8. The second-order valence-electron chi connectivity index (χ2n) is 5.73. The quantitative estimate of drug-likeness (QED) is 0.792. The molecule has 0 spiro atoms. The minimum absolute atomic E-state index is 0.0817. The number of sulfone groups is 1. The predicted molar refractivity (Wildman–Crippen MR) is 94.7 cm³/mol. The van der Waals surface area contributed by atoms with E-state index in [1.54, 1.807) is 38.1 Å². The van der Waals surface area contributed by atoms with Gasteiger partial charge in [-0.3, -0.25) is 4.79 Å². The summed E-state index contributed by atoms with van der Waals surface area (Å²) in [4.78, 5) is 27.7. The van der Waals surface area contributed by atoms with Gasteiger partial charge < -0.3 is 10.4 Å². The molecule has 0 bridgehead atoms. The molecular formula is C16H18N2O5S2. The maximum absolute atomic E-state index is 12.3. The molecule has 1 unspecified atom stereocenters. The third-order valence-corrected chi connectivity index (χ3v) is 5.56. The van der Waals surface area contributed by atoms with Crippen LogP contribution in [0.2, 0.25) is 0 Å². The normalized spacial score (nSPS) is 12.6. The number of carboxylic acid groups (broad SMARTS) is 1. The predicted octanol–water partition coefficient (Wildman–Crippen LogP) is 2.19. The standard InChI is InChI=1S/C16H18N2O5S2/c1-9-13(16(20)21)24-15(18-9)10(2)17-14(19)12-6-4-11(5-7-12)8-25(3,22)23/h4-7,10H,8H2,1-3H3,(H,17,19)(H,20,21). The molecule has 1 aromatic carbocycles. The number of nitrogens with zero attached hydrogens (tertiary/aromatic N) is 1. The summed E-state index contributed by atoms with van der Waals surface area (Å²) in [5, 5.41) is 12.3. The molecule has 0 aliphatic rings. The van der Waals surface area contributed by atoms with Crippen molar-refractivity contribution >= 4 is 33.1 Å². The van der Waals surface area contributed by atoms with Crippen LogP contribution in [0.15, 0.2) is 24.3 Å². The van der Waals surface area contributed by atoms with Gasteiger partial charge in [-0.1, -0.05) is 12.1 Å². The lowest BCUT2D eigenvalue weighted by molar-refractivity contribution is 0.0700. The number of carbonyl (C=O) groups is 2.